The van der Waals surface area contributed by atoms with Gasteiger partial charge in [-0.25, -0.2) is 13.2 Å². The highest BCUT2D eigenvalue weighted by Crippen LogP contribution is 2.34. The molecule has 0 N–H and O–H groups in total. The van der Waals surface area contributed by atoms with Crippen molar-refractivity contribution in [3.8, 4) is 11.1 Å². The Labute approximate surface area is 146 Å². The number of hydrogen-bond acceptors (Lipinski definition) is 1. The quantitative estimate of drug-likeness (QED) is 0.645. The summed E-state index contributed by atoms with van der Waals surface area (Å²) in [4.78, 5) is 0. The maximum Gasteiger partial charge on any atom is 0.166 e. The summed E-state index contributed by atoms with van der Waals surface area (Å²) in [5.41, 5.74) is 1.25. The molecule has 3 rings (SSSR count). The summed E-state index contributed by atoms with van der Waals surface area (Å²) in [5, 5.41) is 0. The van der Waals surface area contributed by atoms with Crippen LogP contribution in [0.15, 0.2) is 30.3 Å². The van der Waals surface area contributed by atoms with Gasteiger partial charge in [-0.05, 0) is 48.9 Å². The van der Waals surface area contributed by atoms with Crippen LogP contribution in [0.1, 0.15) is 49.7 Å². The summed E-state index contributed by atoms with van der Waals surface area (Å²) in [7, 11) is 0. The fourth-order valence-corrected chi connectivity index (χ4v) is 3.50. The van der Waals surface area contributed by atoms with E-state index >= 15 is 0 Å². The number of aryl methyl sites for hydroxylation is 1. The third kappa shape index (κ3) is 3.74. The van der Waals surface area contributed by atoms with Crippen molar-refractivity contribution in [3.63, 3.8) is 0 Å². The molecule has 1 aliphatic heterocycles. The lowest BCUT2D eigenvalue weighted by Gasteiger charge is -2.29. The molecule has 134 valence electrons. The number of hydrogen-bond donors (Lipinski definition) is 0. The largest absolute Gasteiger partial charge is 0.378 e. The fraction of sp³-hybridized carbons (Fsp3) is 0.429. The molecule has 2 aromatic carbocycles. The second-order valence-corrected chi connectivity index (χ2v) is 6.81. The van der Waals surface area contributed by atoms with Crippen LogP contribution in [0.5, 0.6) is 0 Å². The first-order valence-electron chi connectivity index (χ1n) is 8.87. The van der Waals surface area contributed by atoms with E-state index in [2.05, 4.69) is 6.92 Å². The minimum atomic E-state index is -0.935. The number of rotatable bonds is 4. The topological polar surface area (TPSA) is 9.23 Å². The van der Waals surface area contributed by atoms with E-state index in [9.17, 15) is 13.2 Å². The minimum absolute atomic E-state index is 0.0155. The smallest absolute Gasteiger partial charge is 0.166 e. The molecule has 1 nitrogen and oxygen atoms in total. The Morgan fingerprint density at radius 3 is 2.48 bits per heavy atom. The lowest BCUT2D eigenvalue weighted by molar-refractivity contribution is -0.00172. The fourth-order valence-electron chi connectivity index (χ4n) is 3.50. The first kappa shape index (κ1) is 18.0. The average Bonchev–Trinajstić information content (AvgIpc) is 2.61. The highest BCUT2D eigenvalue weighted by molar-refractivity contribution is 5.65. The summed E-state index contributed by atoms with van der Waals surface area (Å²) in [6.45, 7) is 4.14. The van der Waals surface area contributed by atoms with Gasteiger partial charge in [-0.15, -0.1) is 0 Å². The van der Waals surface area contributed by atoms with Gasteiger partial charge in [0.25, 0.3) is 0 Å². The number of halogens is 3. The van der Waals surface area contributed by atoms with Crippen LogP contribution in [0.3, 0.4) is 0 Å². The SMILES string of the molecule is CCCC1CCC(c2ccc(-c3ccc(C)c(F)c3F)cc2F)CO1. The van der Waals surface area contributed by atoms with Crippen molar-refractivity contribution in [3.05, 3.63) is 58.9 Å². The van der Waals surface area contributed by atoms with Gasteiger partial charge >= 0.3 is 0 Å². The third-order valence-electron chi connectivity index (χ3n) is 5.01. The molecule has 1 aliphatic rings. The molecule has 0 amide bonds. The van der Waals surface area contributed by atoms with Gasteiger partial charge in [-0.2, -0.15) is 0 Å². The highest BCUT2D eigenvalue weighted by Gasteiger charge is 2.25. The molecule has 2 atom stereocenters. The van der Waals surface area contributed by atoms with E-state index in [1.807, 2.05) is 0 Å². The van der Waals surface area contributed by atoms with E-state index in [4.69, 9.17) is 4.74 Å². The Hall–Kier alpha value is -1.81. The molecule has 4 heteroatoms. The van der Waals surface area contributed by atoms with Crippen molar-refractivity contribution < 1.29 is 17.9 Å². The number of ether oxygens (including phenoxy) is 1. The van der Waals surface area contributed by atoms with Gasteiger partial charge in [-0.3, -0.25) is 0 Å². The predicted octanol–water partition coefficient (Wildman–Crippen LogP) is 6.14. The molecule has 1 fully saturated rings. The van der Waals surface area contributed by atoms with Gasteiger partial charge in [-0.1, -0.05) is 37.6 Å². The molecule has 25 heavy (non-hydrogen) atoms. The van der Waals surface area contributed by atoms with Crippen LogP contribution in [-0.4, -0.2) is 12.7 Å². The van der Waals surface area contributed by atoms with Gasteiger partial charge in [0, 0.05) is 11.5 Å². The first-order valence-corrected chi connectivity index (χ1v) is 8.87. The molecule has 0 aromatic heterocycles. The first-order chi connectivity index (χ1) is 12.0. The zero-order chi connectivity index (χ0) is 18.0. The normalized spacial score (nSPS) is 20.7. The zero-order valence-corrected chi connectivity index (χ0v) is 14.6. The zero-order valence-electron chi connectivity index (χ0n) is 14.6. The molecular weight excluding hydrogens is 325 g/mol. The molecule has 0 aliphatic carbocycles. The Bertz CT molecular complexity index is 749. The maximum absolute atomic E-state index is 14.6. The highest BCUT2D eigenvalue weighted by atomic mass is 19.2. The van der Waals surface area contributed by atoms with E-state index in [0.717, 1.165) is 25.7 Å². The van der Waals surface area contributed by atoms with Gasteiger partial charge in [0.05, 0.1) is 12.7 Å². The van der Waals surface area contributed by atoms with Crippen molar-refractivity contribution in [2.24, 2.45) is 0 Å². The van der Waals surface area contributed by atoms with Gasteiger partial charge in [0.2, 0.25) is 0 Å². The van der Waals surface area contributed by atoms with Crippen LogP contribution in [0.2, 0.25) is 0 Å². The minimum Gasteiger partial charge on any atom is -0.378 e. The summed E-state index contributed by atoms with van der Waals surface area (Å²) < 4.78 is 48.3. The Morgan fingerprint density at radius 2 is 1.84 bits per heavy atom. The Morgan fingerprint density at radius 1 is 1.04 bits per heavy atom. The molecule has 0 spiro atoms. The van der Waals surface area contributed by atoms with Crippen LogP contribution < -0.4 is 0 Å². The van der Waals surface area contributed by atoms with E-state index in [0.29, 0.717) is 17.7 Å². The van der Waals surface area contributed by atoms with Crippen molar-refractivity contribution in [1.82, 2.24) is 0 Å². The van der Waals surface area contributed by atoms with Crippen LogP contribution in [-0.2, 0) is 4.74 Å². The molecule has 2 unspecified atom stereocenters. The molecule has 1 heterocycles. The van der Waals surface area contributed by atoms with Crippen LogP contribution in [0, 0.1) is 24.4 Å². The molecule has 2 aromatic rings. The molecule has 0 radical (unpaired) electrons. The predicted molar refractivity (Wildman–Crippen MR) is 93.1 cm³/mol. The summed E-state index contributed by atoms with van der Waals surface area (Å²) in [6.07, 6.45) is 4.20. The number of benzene rings is 2. The van der Waals surface area contributed by atoms with E-state index < -0.39 is 11.6 Å². The van der Waals surface area contributed by atoms with Gasteiger partial charge < -0.3 is 4.74 Å². The van der Waals surface area contributed by atoms with Crippen LogP contribution in [0.4, 0.5) is 13.2 Å². The van der Waals surface area contributed by atoms with Crippen molar-refractivity contribution in [1.29, 1.82) is 0 Å². The van der Waals surface area contributed by atoms with Crippen molar-refractivity contribution in [2.45, 2.75) is 51.6 Å². The van der Waals surface area contributed by atoms with E-state index in [1.54, 1.807) is 12.1 Å². The second-order valence-electron chi connectivity index (χ2n) is 6.81. The summed E-state index contributed by atoms with van der Waals surface area (Å²) in [6, 6.07) is 7.62. The van der Waals surface area contributed by atoms with Crippen LogP contribution in [0.25, 0.3) is 11.1 Å². The van der Waals surface area contributed by atoms with Gasteiger partial charge in [0.1, 0.15) is 5.82 Å². The Kier molecular flexibility index (Phi) is 5.48. The molecule has 1 saturated heterocycles. The second kappa shape index (κ2) is 7.61. The van der Waals surface area contributed by atoms with Gasteiger partial charge in [0.15, 0.2) is 11.6 Å². The lowest BCUT2D eigenvalue weighted by atomic mass is 9.89. The third-order valence-corrected chi connectivity index (χ3v) is 5.01. The maximum atomic E-state index is 14.6. The lowest BCUT2D eigenvalue weighted by Crippen LogP contribution is -2.25. The van der Waals surface area contributed by atoms with Crippen molar-refractivity contribution in [2.75, 3.05) is 6.61 Å². The standard InChI is InChI=1S/C21H23F3O/c1-3-4-16-8-6-15(12-25-16)17-10-7-14(11-19(17)22)18-9-5-13(2)20(23)21(18)24/h5,7,9-11,15-16H,3-4,6,8,12H2,1-2H3. The summed E-state index contributed by atoms with van der Waals surface area (Å²) >= 11 is 0. The average molecular weight is 348 g/mol. The Balaban J connectivity index is 1.81. The van der Waals surface area contributed by atoms with E-state index in [1.165, 1.54) is 25.1 Å². The molecular formula is C21H23F3O. The molecule has 0 saturated carbocycles. The van der Waals surface area contributed by atoms with Crippen molar-refractivity contribution >= 4 is 0 Å². The van der Waals surface area contributed by atoms with E-state index in [-0.39, 0.29) is 29.0 Å². The van der Waals surface area contributed by atoms with Crippen LogP contribution >= 0.6 is 0 Å². The summed E-state index contributed by atoms with van der Waals surface area (Å²) in [5.74, 6) is -2.19. The monoisotopic (exact) mass is 348 g/mol. The molecule has 0 bridgehead atoms.